The second-order valence-electron chi connectivity index (χ2n) is 6.29. The third-order valence-electron chi connectivity index (χ3n) is 3.88. The van der Waals surface area contributed by atoms with Gasteiger partial charge in [0.1, 0.15) is 12.3 Å². The van der Waals surface area contributed by atoms with E-state index in [1.54, 1.807) is 35.6 Å². The molecule has 3 aromatic rings. The smallest absolute Gasteiger partial charge is 0.261 e. The van der Waals surface area contributed by atoms with E-state index in [2.05, 4.69) is 20.1 Å². The Labute approximate surface area is 157 Å². The van der Waals surface area contributed by atoms with Gasteiger partial charge in [-0.05, 0) is 45.0 Å². The van der Waals surface area contributed by atoms with E-state index in [0.29, 0.717) is 17.5 Å². The van der Waals surface area contributed by atoms with Gasteiger partial charge in [0, 0.05) is 29.7 Å². The van der Waals surface area contributed by atoms with Crippen molar-refractivity contribution in [1.29, 1.82) is 0 Å². The molecule has 0 aliphatic heterocycles. The molecule has 0 N–H and O–H groups in total. The number of rotatable bonds is 7. The summed E-state index contributed by atoms with van der Waals surface area (Å²) >= 11 is 0. The Morgan fingerprint density at radius 3 is 2.78 bits per heavy atom. The Morgan fingerprint density at radius 1 is 1.26 bits per heavy atom. The van der Waals surface area contributed by atoms with E-state index in [1.165, 1.54) is 0 Å². The van der Waals surface area contributed by atoms with Crippen molar-refractivity contribution in [3.8, 4) is 17.1 Å². The lowest BCUT2D eigenvalue weighted by Crippen LogP contribution is -2.39. The Morgan fingerprint density at radius 2 is 2.11 bits per heavy atom. The summed E-state index contributed by atoms with van der Waals surface area (Å²) in [6, 6.07) is 7.21. The fraction of sp³-hybridized carbons (Fsp3) is 0.316. The molecule has 8 heteroatoms. The first-order chi connectivity index (χ1) is 13.0. The number of amides is 1. The van der Waals surface area contributed by atoms with E-state index in [-0.39, 0.29) is 25.1 Å². The quantitative estimate of drug-likeness (QED) is 0.633. The second-order valence-corrected chi connectivity index (χ2v) is 6.29. The molecular weight excluding hydrogens is 346 g/mol. The molecule has 140 valence electrons. The Kier molecular flexibility index (Phi) is 5.75. The van der Waals surface area contributed by atoms with Gasteiger partial charge in [-0.3, -0.25) is 14.8 Å². The average Bonchev–Trinajstić information content (AvgIpc) is 3.15. The summed E-state index contributed by atoms with van der Waals surface area (Å²) in [7, 11) is 0. The van der Waals surface area contributed by atoms with Crippen LogP contribution in [0, 0.1) is 6.92 Å². The van der Waals surface area contributed by atoms with Gasteiger partial charge in [0.25, 0.3) is 5.91 Å². The summed E-state index contributed by atoms with van der Waals surface area (Å²) < 4.78 is 10.8. The summed E-state index contributed by atoms with van der Waals surface area (Å²) in [6.45, 7) is 5.85. The SMILES string of the molecule is Cc1ccc(OCC(=O)N(Cc2nc(-c3cccnc3)no2)C(C)C)cn1. The molecule has 0 spiro atoms. The van der Waals surface area contributed by atoms with E-state index in [1.807, 2.05) is 32.9 Å². The summed E-state index contributed by atoms with van der Waals surface area (Å²) in [4.78, 5) is 26.8. The van der Waals surface area contributed by atoms with E-state index in [4.69, 9.17) is 9.26 Å². The van der Waals surface area contributed by atoms with Crippen LogP contribution in [0.15, 0.2) is 47.4 Å². The number of ether oxygens (including phenoxy) is 1. The lowest BCUT2D eigenvalue weighted by atomic mass is 10.3. The number of hydrogen-bond donors (Lipinski definition) is 0. The number of carbonyl (C=O) groups is 1. The first-order valence-corrected chi connectivity index (χ1v) is 8.61. The molecule has 8 nitrogen and oxygen atoms in total. The van der Waals surface area contributed by atoms with Gasteiger partial charge >= 0.3 is 0 Å². The van der Waals surface area contributed by atoms with Crippen molar-refractivity contribution >= 4 is 5.91 Å². The number of aryl methyl sites for hydroxylation is 1. The highest BCUT2D eigenvalue weighted by molar-refractivity contribution is 5.78. The molecule has 0 atom stereocenters. The number of hydrogen-bond acceptors (Lipinski definition) is 7. The van der Waals surface area contributed by atoms with Gasteiger partial charge < -0.3 is 14.2 Å². The van der Waals surface area contributed by atoms with Crippen molar-refractivity contribution in [2.45, 2.75) is 33.4 Å². The normalized spacial score (nSPS) is 10.8. The zero-order valence-corrected chi connectivity index (χ0v) is 15.5. The third kappa shape index (κ3) is 4.87. The molecule has 1 amide bonds. The van der Waals surface area contributed by atoms with Crippen molar-refractivity contribution in [1.82, 2.24) is 25.0 Å². The lowest BCUT2D eigenvalue weighted by molar-refractivity contribution is -0.136. The first-order valence-electron chi connectivity index (χ1n) is 8.61. The van der Waals surface area contributed by atoms with Gasteiger partial charge in [0.2, 0.25) is 11.7 Å². The van der Waals surface area contributed by atoms with Crippen LogP contribution in [0.4, 0.5) is 0 Å². The molecule has 0 bridgehead atoms. The van der Waals surface area contributed by atoms with Crippen LogP contribution < -0.4 is 4.74 Å². The maximum atomic E-state index is 12.6. The number of nitrogens with zero attached hydrogens (tertiary/aromatic N) is 5. The van der Waals surface area contributed by atoms with Gasteiger partial charge in [0.15, 0.2) is 6.61 Å². The minimum Gasteiger partial charge on any atom is -0.482 e. The van der Waals surface area contributed by atoms with E-state index in [0.717, 1.165) is 11.3 Å². The lowest BCUT2D eigenvalue weighted by Gasteiger charge is -2.25. The Bertz CT molecular complexity index is 878. The van der Waals surface area contributed by atoms with Gasteiger partial charge in [-0.25, -0.2) is 0 Å². The number of pyridine rings is 2. The molecule has 0 fully saturated rings. The molecule has 0 aliphatic carbocycles. The van der Waals surface area contributed by atoms with Crippen molar-refractivity contribution < 1.29 is 14.1 Å². The highest BCUT2D eigenvalue weighted by atomic mass is 16.5. The van der Waals surface area contributed by atoms with Crippen LogP contribution in [0.1, 0.15) is 25.4 Å². The zero-order chi connectivity index (χ0) is 19.2. The molecule has 27 heavy (non-hydrogen) atoms. The summed E-state index contributed by atoms with van der Waals surface area (Å²) in [5.41, 5.74) is 1.64. The summed E-state index contributed by atoms with van der Waals surface area (Å²) in [5, 5.41) is 3.96. The van der Waals surface area contributed by atoms with Crippen LogP contribution in [-0.2, 0) is 11.3 Å². The van der Waals surface area contributed by atoms with Crippen LogP contribution in [0.2, 0.25) is 0 Å². The first kappa shape index (κ1) is 18.5. The number of carbonyl (C=O) groups excluding carboxylic acids is 1. The standard InChI is InChI=1S/C19H21N5O3/c1-13(2)24(18(25)12-26-16-7-6-14(3)21-10-16)11-17-22-19(23-27-17)15-5-4-8-20-9-15/h4-10,13H,11-12H2,1-3H3. The minimum atomic E-state index is -0.174. The predicted molar refractivity (Wildman–Crippen MR) is 97.7 cm³/mol. The summed E-state index contributed by atoms with van der Waals surface area (Å²) in [6.07, 6.45) is 4.93. The molecule has 0 radical (unpaired) electrons. The van der Waals surface area contributed by atoms with Gasteiger partial charge in [0.05, 0.1) is 6.20 Å². The average molecular weight is 367 g/mol. The molecule has 0 aromatic carbocycles. The van der Waals surface area contributed by atoms with E-state index < -0.39 is 0 Å². The highest BCUT2D eigenvalue weighted by Crippen LogP contribution is 2.16. The van der Waals surface area contributed by atoms with Crippen LogP contribution in [0.5, 0.6) is 5.75 Å². The van der Waals surface area contributed by atoms with Crippen molar-refractivity contribution in [2.75, 3.05) is 6.61 Å². The largest absolute Gasteiger partial charge is 0.482 e. The molecule has 0 saturated heterocycles. The fourth-order valence-electron chi connectivity index (χ4n) is 2.40. The van der Waals surface area contributed by atoms with E-state index >= 15 is 0 Å². The molecule has 0 unspecified atom stereocenters. The van der Waals surface area contributed by atoms with Gasteiger partial charge in [-0.15, -0.1) is 0 Å². The fourth-order valence-corrected chi connectivity index (χ4v) is 2.40. The molecule has 0 aliphatic rings. The van der Waals surface area contributed by atoms with Crippen molar-refractivity contribution in [3.05, 3.63) is 54.4 Å². The van der Waals surface area contributed by atoms with Crippen molar-refractivity contribution in [2.24, 2.45) is 0 Å². The number of aromatic nitrogens is 4. The van der Waals surface area contributed by atoms with Crippen molar-refractivity contribution in [3.63, 3.8) is 0 Å². The topological polar surface area (TPSA) is 94.2 Å². The maximum absolute atomic E-state index is 12.6. The van der Waals surface area contributed by atoms with Gasteiger partial charge in [-0.1, -0.05) is 5.16 Å². The molecule has 3 heterocycles. The molecule has 3 aromatic heterocycles. The zero-order valence-electron chi connectivity index (χ0n) is 15.5. The Hall–Kier alpha value is -3.29. The van der Waals surface area contributed by atoms with Crippen LogP contribution in [0.3, 0.4) is 0 Å². The molecular formula is C19H21N5O3. The summed E-state index contributed by atoms with van der Waals surface area (Å²) in [5.74, 6) is 1.17. The monoisotopic (exact) mass is 367 g/mol. The Balaban J connectivity index is 1.64. The highest BCUT2D eigenvalue weighted by Gasteiger charge is 2.21. The van der Waals surface area contributed by atoms with Gasteiger partial charge in [-0.2, -0.15) is 4.98 Å². The molecule has 3 rings (SSSR count). The second kappa shape index (κ2) is 8.39. The maximum Gasteiger partial charge on any atom is 0.261 e. The van der Waals surface area contributed by atoms with Crippen LogP contribution in [0.25, 0.3) is 11.4 Å². The van der Waals surface area contributed by atoms with Crippen LogP contribution >= 0.6 is 0 Å². The predicted octanol–water partition coefficient (Wildman–Crippen LogP) is 2.65. The minimum absolute atomic E-state index is 0.0500. The molecule has 0 saturated carbocycles. The van der Waals surface area contributed by atoms with Crippen LogP contribution in [-0.4, -0.2) is 43.6 Å². The van der Waals surface area contributed by atoms with E-state index in [9.17, 15) is 4.79 Å². The third-order valence-corrected chi connectivity index (χ3v) is 3.88.